The number of nitrogens with one attached hydrogen (secondary N) is 1. The highest BCUT2D eigenvalue weighted by molar-refractivity contribution is 5.95. The van der Waals surface area contributed by atoms with Crippen molar-refractivity contribution in [3.63, 3.8) is 0 Å². The summed E-state index contributed by atoms with van der Waals surface area (Å²) >= 11 is 0. The molecule has 2 aromatic rings. The van der Waals surface area contributed by atoms with Gasteiger partial charge < -0.3 is 11.1 Å². The molecule has 3 heteroatoms. The molecule has 1 aliphatic carbocycles. The number of amides is 1. The standard InChI is InChI=1S/C19H22N2O/c1-3-12(2)18(20)19(22)21-15-8-9-17-14(11-15)10-13-6-4-5-7-16(13)17/h4-9,11-12,18H,3,10,20H2,1-2H3,(H,21,22). The Kier molecular flexibility index (Phi) is 3.99. The minimum atomic E-state index is -0.463. The summed E-state index contributed by atoms with van der Waals surface area (Å²) in [6, 6.07) is 14.1. The molecule has 0 saturated carbocycles. The smallest absolute Gasteiger partial charge is 0.241 e. The Balaban J connectivity index is 1.79. The van der Waals surface area contributed by atoms with Crippen LogP contribution < -0.4 is 11.1 Å². The first-order chi connectivity index (χ1) is 10.6. The lowest BCUT2D eigenvalue weighted by atomic mass is 9.99. The Morgan fingerprint density at radius 3 is 2.68 bits per heavy atom. The van der Waals surface area contributed by atoms with Crippen molar-refractivity contribution in [1.29, 1.82) is 0 Å². The zero-order valence-corrected chi connectivity index (χ0v) is 13.1. The minimum absolute atomic E-state index is 0.107. The monoisotopic (exact) mass is 294 g/mol. The first kappa shape index (κ1) is 14.8. The molecule has 0 bridgehead atoms. The van der Waals surface area contributed by atoms with Crippen LogP contribution in [0.15, 0.2) is 42.5 Å². The zero-order chi connectivity index (χ0) is 15.7. The molecule has 3 rings (SSSR count). The van der Waals surface area contributed by atoms with E-state index in [0.29, 0.717) is 0 Å². The number of carbonyl (C=O) groups excluding carboxylic acids is 1. The lowest BCUT2D eigenvalue weighted by Crippen LogP contribution is -2.40. The van der Waals surface area contributed by atoms with Crippen LogP contribution in [-0.4, -0.2) is 11.9 Å². The van der Waals surface area contributed by atoms with Crippen molar-refractivity contribution in [1.82, 2.24) is 0 Å². The second-order valence-electron chi connectivity index (χ2n) is 6.11. The summed E-state index contributed by atoms with van der Waals surface area (Å²) in [5.41, 5.74) is 12.0. The van der Waals surface area contributed by atoms with Crippen LogP contribution in [-0.2, 0) is 11.2 Å². The number of anilines is 1. The number of nitrogens with two attached hydrogens (primary N) is 1. The van der Waals surface area contributed by atoms with E-state index in [1.54, 1.807) is 0 Å². The maximum atomic E-state index is 12.2. The fourth-order valence-electron chi connectivity index (χ4n) is 2.96. The normalized spacial score (nSPS) is 14.9. The van der Waals surface area contributed by atoms with Gasteiger partial charge in [-0.3, -0.25) is 4.79 Å². The summed E-state index contributed by atoms with van der Waals surface area (Å²) in [5, 5.41) is 2.95. The van der Waals surface area contributed by atoms with Crippen molar-refractivity contribution >= 4 is 11.6 Å². The van der Waals surface area contributed by atoms with Crippen molar-refractivity contribution in [2.75, 3.05) is 5.32 Å². The molecule has 22 heavy (non-hydrogen) atoms. The van der Waals surface area contributed by atoms with Crippen LogP contribution in [0.25, 0.3) is 11.1 Å². The summed E-state index contributed by atoms with van der Waals surface area (Å²) in [6.07, 6.45) is 1.82. The van der Waals surface area contributed by atoms with Gasteiger partial charge in [0.1, 0.15) is 0 Å². The van der Waals surface area contributed by atoms with Gasteiger partial charge in [-0.05, 0) is 46.7 Å². The fourth-order valence-corrected chi connectivity index (χ4v) is 2.96. The van der Waals surface area contributed by atoms with Gasteiger partial charge in [0.05, 0.1) is 6.04 Å². The molecule has 0 spiro atoms. The van der Waals surface area contributed by atoms with Gasteiger partial charge in [0.25, 0.3) is 0 Å². The summed E-state index contributed by atoms with van der Waals surface area (Å²) < 4.78 is 0. The maximum absolute atomic E-state index is 12.2. The summed E-state index contributed by atoms with van der Waals surface area (Å²) in [7, 11) is 0. The van der Waals surface area contributed by atoms with Gasteiger partial charge in [-0.2, -0.15) is 0 Å². The van der Waals surface area contributed by atoms with Gasteiger partial charge in [-0.25, -0.2) is 0 Å². The SMILES string of the molecule is CCC(C)C(N)C(=O)Nc1ccc2c(c1)Cc1ccccc1-2. The lowest BCUT2D eigenvalue weighted by molar-refractivity contribution is -0.118. The Labute approximate surface area is 131 Å². The minimum Gasteiger partial charge on any atom is -0.325 e. The number of hydrogen-bond donors (Lipinski definition) is 2. The van der Waals surface area contributed by atoms with Crippen LogP contribution in [0.1, 0.15) is 31.4 Å². The van der Waals surface area contributed by atoms with E-state index in [2.05, 4.69) is 41.7 Å². The molecule has 3 nitrogen and oxygen atoms in total. The van der Waals surface area contributed by atoms with E-state index in [4.69, 9.17) is 5.73 Å². The molecular formula is C19H22N2O. The Morgan fingerprint density at radius 1 is 1.18 bits per heavy atom. The summed E-state index contributed by atoms with van der Waals surface area (Å²) in [5.74, 6) is 0.0727. The number of fused-ring (bicyclic) bond motifs is 3. The van der Waals surface area contributed by atoms with Crippen LogP contribution in [0, 0.1) is 5.92 Å². The van der Waals surface area contributed by atoms with Crippen LogP contribution in [0.3, 0.4) is 0 Å². The summed E-state index contributed by atoms with van der Waals surface area (Å²) in [6.45, 7) is 4.05. The highest BCUT2D eigenvalue weighted by Crippen LogP contribution is 2.37. The number of benzene rings is 2. The third kappa shape index (κ3) is 2.64. The van der Waals surface area contributed by atoms with Crippen LogP contribution >= 0.6 is 0 Å². The maximum Gasteiger partial charge on any atom is 0.241 e. The highest BCUT2D eigenvalue weighted by Gasteiger charge is 2.21. The van der Waals surface area contributed by atoms with Crippen LogP contribution in [0.5, 0.6) is 0 Å². The molecule has 0 aromatic heterocycles. The van der Waals surface area contributed by atoms with Gasteiger partial charge in [-0.1, -0.05) is 50.6 Å². The molecule has 0 heterocycles. The average molecular weight is 294 g/mol. The second kappa shape index (κ2) is 5.93. The van der Waals surface area contributed by atoms with E-state index in [0.717, 1.165) is 18.5 Å². The van der Waals surface area contributed by atoms with Gasteiger partial charge >= 0.3 is 0 Å². The molecule has 2 aromatic carbocycles. The average Bonchev–Trinajstić information content (AvgIpc) is 2.90. The van der Waals surface area contributed by atoms with E-state index >= 15 is 0 Å². The molecular weight excluding hydrogens is 272 g/mol. The number of hydrogen-bond acceptors (Lipinski definition) is 2. The van der Waals surface area contributed by atoms with Gasteiger partial charge in [0, 0.05) is 5.69 Å². The molecule has 1 aliphatic rings. The van der Waals surface area contributed by atoms with Crippen molar-refractivity contribution in [2.45, 2.75) is 32.7 Å². The third-order valence-corrected chi connectivity index (χ3v) is 4.62. The first-order valence-corrected chi connectivity index (χ1v) is 7.87. The van der Waals surface area contributed by atoms with Gasteiger partial charge in [-0.15, -0.1) is 0 Å². The Bertz CT molecular complexity index is 708. The first-order valence-electron chi connectivity index (χ1n) is 7.87. The summed E-state index contributed by atoms with van der Waals surface area (Å²) in [4.78, 5) is 12.2. The zero-order valence-electron chi connectivity index (χ0n) is 13.1. The van der Waals surface area contributed by atoms with E-state index < -0.39 is 6.04 Å². The predicted octanol–water partition coefficient (Wildman–Crippen LogP) is 3.57. The molecule has 0 saturated heterocycles. The largest absolute Gasteiger partial charge is 0.325 e. The second-order valence-corrected chi connectivity index (χ2v) is 6.11. The van der Waals surface area contributed by atoms with Gasteiger partial charge in [0.15, 0.2) is 0 Å². The highest BCUT2D eigenvalue weighted by atomic mass is 16.2. The third-order valence-electron chi connectivity index (χ3n) is 4.62. The molecule has 0 aliphatic heterocycles. The molecule has 0 fully saturated rings. The van der Waals surface area contributed by atoms with Crippen LogP contribution in [0.4, 0.5) is 5.69 Å². The van der Waals surface area contributed by atoms with E-state index in [9.17, 15) is 4.79 Å². The van der Waals surface area contributed by atoms with Crippen molar-refractivity contribution < 1.29 is 4.79 Å². The molecule has 114 valence electrons. The van der Waals surface area contributed by atoms with Gasteiger partial charge in [0.2, 0.25) is 5.91 Å². The fraction of sp³-hybridized carbons (Fsp3) is 0.316. The molecule has 2 unspecified atom stereocenters. The Hall–Kier alpha value is -2.13. The van der Waals surface area contributed by atoms with Crippen LogP contribution in [0.2, 0.25) is 0 Å². The van der Waals surface area contributed by atoms with Crippen molar-refractivity contribution in [3.05, 3.63) is 53.6 Å². The Morgan fingerprint density at radius 2 is 1.91 bits per heavy atom. The predicted molar refractivity (Wildman–Crippen MR) is 90.7 cm³/mol. The molecule has 3 N–H and O–H groups in total. The molecule has 1 amide bonds. The van der Waals surface area contributed by atoms with Crippen molar-refractivity contribution in [3.8, 4) is 11.1 Å². The number of carbonyl (C=O) groups is 1. The molecule has 0 radical (unpaired) electrons. The quantitative estimate of drug-likeness (QED) is 0.773. The number of rotatable bonds is 4. The van der Waals surface area contributed by atoms with E-state index in [1.807, 2.05) is 19.9 Å². The van der Waals surface area contributed by atoms with E-state index in [1.165, 1.54) is 22.3 Å². The van der Waals surface area contributed by atoms with Crippen molar-refractivity contribution in [2.24, 2.45) is 11.7 Å². The van der Waals surface area contributed by atoms with E-state index in [-0.39, 0.29) is 11.8 Å². The topological polar surface area (TPSA) is 55.1 Å². The lowest BCUT2D eigenvalue weighted by Gasteiger charge is -2.18. The molecule has 2 atom stereocenters.